The summed E-state index contributed by atoms with van der Waals surface area (Å²) in [4.78, 5) is 0. The van der Waals surface area contributed by atoms with Crippen molar-refractivity contribution in [3.63, 3.8) is 0 Å². The number of rotatable bonds is 5. The topological polar surface area (TPSA) is 21.3 Å². The Kier molecular flexibility index (Phi) is 4.90. The van der Waals surface area contributed by atoms with E-state index >= 15 is 0 Å². The Balaban J connectivity index is 1.59. The monoisotopic (exact) mass is 351 g/mol. The number of nitrogens with one attached hydrogen (secondary N) is 1. The van der Waals surface area contributed by atoms with Crippen molar-refractivity contribution in [1.82, 2.24) is 5.32 Å². The second-order valence-corrected chi connectivity index (χ2v) is 7.60. The standard InChI is InChI=1S/C18H26BrNO/c1-12(14-8-9-18(21-2)17(19)11-14)20-16-5-3-4-15(10-16)13-6-7-13/h8-9,11-13,15-16,20H,3-7,10H2,1-2H3. The molecule has 21 heavy (non-hydrogen) atoms. The molecular weight excluding hydrogens is 326 g/mol. The molecule has 0 heterocycles. The van der Waals surface area contributed by atoms with Gasteiger partial charge in [0.05, 0.1) is 11.6 Å². The lowest BCUT2D eigenvalue weighted by molar-refractivity contribution is 0.249. The van der Waals surface area contributed by atoms with Crippen LogP contribution in [0.1, 0.15) is 57.1 Å². The minimum Gasteiger partial charge on any atom is -0.496 e. The molecule has 1 aromatic carbocycles. The van der Waals surface area contributed by atoms with Crippen LogP contribution in [0.15, 0.2) is 22.7 Å². The Labute approximate surface area is 136 Å². The maximum Gasteiger partial charge on any atom is 0.133 e. The Hall–Kier alpha value is -0.540. The van der Waals surface area contributed by atoms with Gasteiger partial charge in [0, 0.05) is 12.1 Å². The molecule has 0 bridgehead atoms. The fraction of sp³-hybridized carbons (Fsp3) is 0.667. The lowest BCUT2D eigenvalue weighted by atomic mass is 9.82. The van der Waals surface area contributed by atoms with E-state index in [4.69, 9.17) is 4.74 Å². The lowest BCUT2D eigenvalue weighted by Crippen LogP contribution is -2.36. The molecular formula is C18H26BrNO. The van der Waals surface area contributed by atoms with Gasteiger partial charge in [0.25, 0.3) is 0 Å². The largest absolute Gasteiger partial charge is 0.496 e. The molecule has 2 aliphatic carbocycles. The van der Waals surface area contributed by atoms with Crippen LogP contribution in [0.5, 0.6) is 5.75 Å². The van der Waals surface area contributed by atoms with Gasteiger partial charge in [-0.2, -0.15) is 0 Å². The summed E-state index contributed by atoms with van der Waals surface area (Å²) in [5.41, 5.74) is 1.33. The molecule has 3 unspecified atom stereocenters. The molecule has 0 amide bonds. The molecule has 3 rings (SSSR count). The Morgan fingerprint density at radius 1 is 1.19 bits per heavy atom. The van der Waals surface area contributed by atoms with E-state index in [9.17, 15) is 0 Å². The van der Waals surface area contributed by atoms with E-state index in [-0.39, 0.29) is 0 Å². The average Bonchev–Trinajstić information content (AvgIpc) is 3.32. The molecule has 3 atom stereocenters. The highest BCUT2D eigenvalue weighted by atomic mass is 79.9. The second-order valence-electron chi connectivity index (χ2n) is 6.74. The molecule has 2 saturated carbocycles. The molecule has 0 radical (unpaired) electrons. The lowest BCUT2D eigenvalue weighted by Gasteiger charge is -2.32. The van der Waals surface area contributed by atoms with Gasteiger partial charge in [-0.1, -0.05) is 18.9 Å². The summed E-state index contributed by atoms with van der Waals surface area (Å²) in [6.07, 6.45) is 8.55. The zero-order chi connectivity index (χ0) is 14.8. The Bertz CT molecular complexity index is 486. The number of benzene rings is 1. The molecule has 3 heteroatoms. The zero-order valence-corrected chi connectivity index (χ0v) is 14.7. The first kappa shape index (κ1) is 15.4. The summed E-state index contributed by atoms with van der Waals surface area (Å²) in [5, 5.41) is 3.85. The molecule has 116 valence electrons. The van der Waals surface area contributed by atoms with E-state index in [1.807, 2.05) is 6.07 Å². The van der Waals surface area contributed by atoms with Crippen molar-refractivity contribution in [2.75, 3.05) is 7.11 Å². The molecule has 2 fully saturated rings. The Morgan fingerprint density at radius 3 is 2.67 bits per heavy atom. The van der Waals surface area contributed by atoms with Crippen LogP contribution in [-0.2, 0) is 0 Å². The van der Waals surface area contributed by atoms with E-state index in [1.165, 1.54) is 44.1 Å². The molecule has 1 aromatic rings. The van der Waals surface area contributed by atoms with Crippen LogP contribution < -0.4 is 10.1 Å². The Morgan fingerprint density at radius 2 is 2.00 bits per heavy atom. The average molecular weight is 352 g/mol. The fourth-order valence-electron chi connectivity index (χ4n) is 3.78. The fourth-order valence-corrected chi connectivity index (χ4v) is 4.33. The van der Waals surface area contributed by atoms with Gasteiger partial charge in [-0.25, -0.2) is 0 Å². The van der Waals surface area contributed by atoms with Crippen molar-refractivity contribution in [3.8, 4) is 5.75 Å². The first-order valence-corrected chi connectivity index (χ1v) is 9.06. The van der Waals surface area contributed by atoms with Crippen molar-refractivity contribution in [2.24, 2.45) is 11.8 Å². The highest BCUT2D eigenvalue weighted by molar-refractivity contribution is 9.10. The van der Waals surface area contributed by atoms with Crippen LogP contribution in [0.3, 0.4) is 0 Å². The third kappa shape index (κ3) is 3.81. The van der Waals surface area contributed by atoms with E-state index < -0.39 is 0 Å². The number of hydrogen-bond acceptors (Lipinski definition) is 2. The number of halogens is 1. The third-order valence-electron chi connectivity index (χ3n) is 5.16. The summed E-state index contributed by atoms with van der Waals surface area (Å²) in [6.45, 7) is 2.27. The predicted octanol–water partition coefficient (Wildman–Crippen LogP) is 5.08. The quantitative estimate of drug-likeness (QED) is 0.798. The highest BCUT2D eigenvalue weighted by Gasteiger charge is 2.34. The SMILES string of the molecule is COc1ccc(C(C)NC2CCCC(C3CC3)C2)cc1Br. The van der Waals surface area contributed by atoms with Gasteiger partial charge in [-0.3, -0.25) is 0 Å². The first-order chi connectivity index (χ1) is 10.2. The number of methoxy groups -OCH3 is 1. The van der Waals surface area contributed by atoms with E-state index in [0.29, 0.717) is 12.1 Å². The van der Waals surface area contributed by atoms with Gasteiger partial charge >= 0.3 is 0 Å². The normalized spacial score (nSPS) is 27.4. The molecule has 0 saturated heterocycles. The summed E-state index contributed by atoms with van der Waals surface area (Å²) in [5.74, 6) is 2.95. The summed E-state index contributed by atoms with van der Waals surface area (Å²) in [6, 6.07) is 7.49. The molecule has 0 aromatic heterocycles. The van der Waals surface area contributed by atoms with Crippen molar-refractivity contribution in [2.45, 2.75) is 57.5 Å². The van der Waals surface area contributed by atoms with Crippen molar-refractivity contribution < 1.29 is 4.74 Å². The summed E-state index contributed by atoms with van der Waals surface area (Å²) < 4.78 is 6.35. The van der Waals surface area contributed by atoms with Crippen molar-refractivity contribution >= 4 is 15.9 Å². The van der Waals surface area contributed by atoms with Crippen LogP contribution in [0.4, 0.5) is 0 Å². The van der Waals surface area contributed by atoms with Gasteiger partial charge in [-0.05, 0) is 78.1 Å². The number of ether oxygens (including phenoxy) is 1. The molecule has 0 aliphatic heterocycles. The first-order valence-electron chi connectivity index (χ1n) is 8.27. The smallest absolute Gasteiger partial charge is 0.133 e. The van der Waals surface area contributed by atoms with Gasteiger partial charge < -0.3 is 10.1 Å². The molecule has 2 nitrogen and oxygen atoms in total. The predicted molar refractivity (Wildman–Crippen MR) is 90.7 cm³/mol. The molecule has 0 spiro atoms. The van der Waals surface area contributed by atoms with Gasteiger partial charge in [0.1, 0.15) is 5.75 Å². The van der Waals surface area contributed by atoms with E-state index in [2.05, 4.69) is 40.3 Å². The minimum absolute atomic E-state index is 0.398. The zero-order valence-electron chi connectivity index (χ0n) is 13.1. The van der Waals surface area contributed by atoms with Crippen LogP contribution in [0, 0.1) is 11.8 Å². The summed E-state index contributed by atoms with van der Waals surface area (Å²) in [7, 11) is 1.71. The van der Waals surface area contributed by atoms with Gasteiger partial charge in [0.15, 0.2) is 0 Å². The van der Waals surface area contributed by atoms with Crippen LogP contribution in [-0.4, -0.2) is 13.2 Å². The van der Waals surface area contributed by atoms with Crippen molar-refractivity contribution in [1.29, 1.82) is 0 Å². The third-order valence-corrected chi connectivity index (χ3v) is 5.78. The van der Waals surface area contributed by atoms with Crippen LogP contribution in [0.2, 0.25) is 0 Å². The maximum atomic E-state index is 5.31. The summed E-state index contributed by atoms with van der Waals surface area (Å²) >= 11 is 3.58. The van der Waals surface area contributed by atoms with Gasteiger partial charge in [-0.15, -0.1) is 0 Å². The molecule has 1 N–H and O–H groups in total. The van der Waals surface area contributed by atoms with Crippen LogP contribution in [0.25, 0.3) is 0 Å². The number of hydrogen-bond donors (Lipinski definition) is 1. The highest BCUT2D eigenvalue weighted by Crippen LogP contribution is 2.44. The maximum absolute atomic E-state index is 5.31. The van der Waals surface area contributed by atoms with E-state index in [0.717, 1.165) is 22.1 Å². The molecule has 2 aliphatic rings. The minimum atomic E-state index is 0.398. The second kappa shape index (κ2) is 6.70. The van der Waals surface area contributed by atoms with E-state index in [1.54, 1.807) is 7.11 Å². The van der Waals surface area contributed by atoms with Crippen LogP contribution >= 0.6 is 15.9 Å². The van der Waals surface area contributed by atoms with Gasteiger partial charge in [0.2, 0.25) is 0 Å². The van der Waals surface area contributed by atoms with Crippen molar-refractivity contribution in [3.05, 3.63) is 28.2 Å².